The lowest BCUT2D eigenvalue weighted by Gasteiger charge is -2.09. The van der Waals surface area contributed by atoms with Crippen molar-refractivity contribution >= 4 is 29.0 Å². The minimum absolute atomic E-state index is 0.0526. The van der Waals surface area contributed by atoms with Crippen molar-refractivity contribution in [3.05, 3.63) is 78.0 Å². The molecule has 1 heterocycles. The van der Waals surface area contributed by atoms with Crippen molar-refractivity contribution in [3.8, 4) is 0 Å². The average molecular weight is 379 g/mol. The maximum Gasteiger partial charge on any atom is 0.270 e. The van der Waals surface area contributed by atoms with Gasteiger partial charge in [-0.1, -0.05) is 24.3 Å². The van der Waals surface area contributed by atoms with Gasteiger partial charge in [-0.2, -0.15) is 0 Å². The van der Waals surface area contributed by atoms with Gasteiger partial charge in [0.05, 0.1) is 0 Å². The number of amides is 2. The first-order chi connectivity index (χ1) is 13.5. The highest BCUT2D eigenvalue weighted by atomic mass is 19.1. The van der Waals surface area contributed by atoms with E-state index < -0.39 is 5.91 Å². The molecule has 2 amide bonds. The summed E-state index contributed by atoms with van der Waals surface area (Å²) in [5, 5.41) is 8.38. The highest BCUT2D eigenvalue weighted by Crippen LogP contribution is 2.19. The fourth-order valence-corrected chi connectivity index (χ4v) is 2.48. The lowest BCUT2D eigenvalue weighted by Crippen LogP contribution is -2.24. The molecule has 0 saturated heterocycles. The number of rotatable bonds is 6. The van der Waals surface area contributed by atoms with Gasteiger partial charge in [-0.05, 0) is 24.3 Å². The molecule has 0 spiro atoms. The minimum Gasteiger partial charge on any atom is -0.347 e. The molecule has 0 aliphatic heterocycles. The molecule has 3 N–H and O–H groups in total. The Hall–Kier alpha value is -3.81. The zero-order valence-electron chi connectivity index (χ0n) is 15.1. The fourth-order valence-electron chi connectivity index (χ4n) is 2.48. The molecule has 3 rings (SSSR count). The number of benzene rings is 2. The average Bonchev–Trinajstić information content (AvgIpc) is 2.67. The number of carbonyl (C=O) groups is 2. The molecule has 2 aromatic carbocycles. The van der Waals surface area contributed by atoms with Gasteiger partial charge in [0.1, 0.15) is 23.7 Å². The highest BCUT2D eigenvalue weighted by molar-refractivity contribution is 5.93. The van der Waals surface area contributed by atoms with Crippen LogP contribution >= 0.6 is 0 Å². The molecule has 0 radical (unpaired) electrons. The molecular formula is C20H18FN5O2. The molecule has 1 aromatic heterocycles. The second kappa shape index (κ2) is 8.72. The number of carbonyl (C=O) groups excluding carboxylic acids is 2. The molecule has 0 aliphatic rings. The van der Waals surface area contributed by atoms with Gasteiger partial charge >= 0.3 is 0 Å². The van der Waals surface area contributed by atoms with Crippen LogP contribution in [0.25, 0.3) is 0 Å². The second-order valence-corrected chi connectivity index (χ2v) is 5.95. The molecule has 142 valence electrons. The summed E-state index contributed by atoms with van der Waals surface area (Å²) in [7, 11) is 0. The minimum atomic E-state index is -0.444. The molecule has 28 heavy (non-hydrogen) atoms. The predicted octanol–water partition coefficient (Wildman–Crippen LogP) is 3.25. The summed E-state index contributed by atoms with van der Waals surface area (Å²) in [4.78, 5) is 31.5. The first-order valence-electron chi connectivity index (χ1n) is 8.49. The van der Waals surface area contributed by atoms with Crippen molar-refractivity contribution in [3.63, 3.8) is 0 Å². The van der Waals surface area contributed by atoms with Crippen molar-refractivity contribution < 1.29 is 14.0 Å². The molecule has 0 aliphatic carbocycles. The summed E-state index contributed by atoms with van der Waals surface area (Å²) >= 11 is 0. The maximum atomic E-state index is 13.6. The molecule has 7 nitrogen and oxygen atoms in total. The molecular weight excluding hydrogens is 361 g/mol. The third-order valence-corrected chi connectivity index (χ3v) is 3.75. The third kappa shape index (κ3) is 5.10. The zero-order chi connectivity index (χ0) is 19.9. The van der Waals surface area contributed by atoms with Crippen molar-refractivity contribution in [2.75, 3.05) is 10.6 Å². The summed E-state index contributed by atoms with van der Waals surface area (Å²) in [5.74, 6) is -0.591. The van der Waals surface area contributed by atoms with Crippen LogP contribution in [-0.2, 0) is 11.3 Å². The monoisotopic (exact) mass is 379 g/mol. The SMILES string of the molecule is CC(=O)Nc1cccc(Nc2cc(C(=O)NCc3ccccc3F)ncn2)c1. The van der Waals surface area contributed by atoms with Gasteiger partial charge in [0.15, 0.2) is 0 Å². The number of halogens is 1. The summed E-state index contributed by atoms with van der Waals surface area (Å²) < 4.78 is 13.6. The summed E-state index contributed by atoms with van der Waals surface area (Å²) in [6.45, 7) is 1.48. The van der Waals surface area contributed by atoms with E-state index in [1.54, 1.807) is 42.5 Å². The van der Waals surface area contributed by atoms with Crippen molar-refractivity contribution in [1.29, 1.82) is 0 Å². The molecule has 0 unspecified atom stereocenters. The van der Waals surface area contributed by atoms with Crippen LogP contribution in [-0.4, -0.2) is 21.8 Å². The Bertz CT molecular complexity index is 1010. The molecule has 8 heteroatoms. The van der Waals surface area contributed by atoms with Crippen molar-refractivity contribution in [1.82, 2.24) is 15.3 Å². The van der Waals surface area contributed by atoms with Gasteiger partial charge in [0.2, 0.25) is 5.91 Å². The van der Waals surface area contributed by atoms with E-state index in [4.69, 9.17) is 0 Å². The summed E-state index contributed by atoms with van der Waals surface area (Å²) in [6.07, 6.45) is 1.26. The van der Waals surface area contributed by atoms with Crippen LogP contribution < -0.4 is 16.0 Å². The third-order valence-electron chi connectivity index (χ3n) is 3.75. The van der Waals surface area contributed by atoms with E-state index >= 15 is 0 Å². The Labute approximate surface area is 161 Å². The van der Waals surface area contributed by atoms with E-state index in [-0.39, 0.29) is 24.0 Å². The Balaban J connectivity index is 1.67. The van der Waals surface area contributed by atoms with Crippen LogP contribution in [0, 0.1) is 5.82 Å². The molecule has 0 bridgehead atoms. The Morgan fingerprint density at radius 2 is 1.79 bits per heavy atom. The first-order valence-corrected chi connectivity index (χ1v) is 8.49. The van der Waals surface area contributed by atoms with Crippen LogP contribution in [0.15, 0.2) is 60.9 Å². The van der Waals surface area contributed by atoms with E-state index in [2.05, 4.69) is 25.9 Å². The van der Waals surface area contributed by atoms with E-state index in [9.17, 15) is 14.0 Å². The normalized spacial score (nSPS) is 10.2. The smallest absolute Gasteiger partial charge is 0.270 e. The number of nitrogens with zero attached hydrogens (tertiary/aromatic N) is 2. The molecule has 0 fully saturated rings. The van der Waals surface area contributed by atoms with Crippen LogP contribution in [0.1, 0.15) is 23.0 Å². The standard InChI is InChI=1S/C20H18FN5O2/c1-13(27)25-15-6-4-7-16(9-15)26-19-10-18(23-12-24-19)20(28)22-11-14-5-2-3-8-17(14)21/h2-10,12H,11H2,1H3,(H,22,28)(H,25,27)(H,23,24,26). The van der Waals surface area contributed by atoms with E-state index in [1.165, 1.54) is 25.4 Å². The fraction of sp³-hybridized carbons (Fsp3) is 0.100. The Morgan fingerprint density at radius 3 is 2.57 bits per heavy atom. The second-order valence-electron chi connectivity index (χ2n) is 5.95. The van der Waals surface area contributed by atoms with Gasteiger partial charge in [0, 0.05) is 36.5 Å². The molecule has 3 aromatic rings. The predicted molar refractivity (Wildman–Crippen MR) is 104 cm³/mol. The van der Waals surface area contributed by atoms with Gasteiger partial charge in [-0.3, -0.25) is 9.59 Å². The quantitative estimate of drug-likeness (QED) is 0.611. The van der Waals surface area contributed by atoms with Gasteiger partial charge in [-0.25, -0.2) is 14.4 Å². The van der Waals surface area contributed by atoms with Crippen molar-refractivity contribution in [2.45, 2.75) is 13.5 Å². The number of nitrogens with one attached hydrogen (secondary N) is 3. The van der Waals surface area contributed by atoms with Gasteiger partial charge < -0.3 is 16.0 Å². The summed E-state index contributed by atoms with van der Waals surface area (Å²) in [6, 6.07) is 14.8. The zero-order valence-corrected chi connectivity index (χ0v) is 15.1. The maximum absolute atomic E-state index is 13.6. The molecule has 0 saturated carbocycles. The number of anilines is 3. The number of hydrogen-bond donors (Lipinski definition) is 3. The lowest BCUT2D eigenvalue weighted by molar-refractivity contribution is -0.114. The lowest BCUT2D eigenvalue weighted by atomic mass is 10.2. The van der Waals surface area contributed by atoms with E-state index in [0.29, 0.717) is 22.8 Å². The van der Waals surface area contributed by atoms with Gasteiger partial charge in [-0.15, -0.1) is 0 Å². The van der Waals surface area contributed by atoms with E-state index in [0.717, 1.165) is 0 Å². The van der Waals surface area contributed by atoms with E-state index in [1.807, 2.05) is 0 Å². The largest absolute Gasteiger partial charge is 0.347 e. The first kappa shape index (κ1) is 19.0. The van der Waals surface area contributed by atoms with Crippen LogP contribution in [0.2, 0.25) is 0 Å². The highest BCUT2D eigenvalue weighted by Gasteiger charge is 2.10. The number of aromatic nitrogens is 2. The Kier molecular flexibility index (Phi) is 5.91. The van der Waals surface area contributed by atoms with Crippen LogP contribution in [0.5, 0.6) is 0 Å². The van der Waals surface area contributed by atoms with Gasteiger partial charge in [0.25, 0.3) is 5.91 Å². The van der Waals surface area contributed by atoms with Crippen LogP contribution in [0.3, 0.4) is 0 Å². The van der Waals surface area contributed by atoms with Crippen molar-refractivity contribution in [2.24, 2.45) is 0 Å². The Morgan fingerprint density at radius 1 is 1.00 bits per heavy atom. The summed E-state index contributed by atoms with van der Waals surface area (Å²) in [5.41, 5.74) is 1.85. The molecule has 0 atom stereocenters. The van der Waals surface area contributed by atoms with Crippen LogP contribution in [0.4, 0.5) is 21.6 Å². The number of hydrogen-bond acceptors (Lipinski definition) is 5. The topological polar surface area (TPSA) is 96.0 Å².